The van der Waals surface area contributed by atoms with Crippen LogP contribution in [0, 0.1) is 13.8 Å². The van der Waals surface area contributed by atoms with Gasteiger partial charge in [0.1, 0.15) is 22.2 Å². The number of thioether (sulfide) groups is 1. The van der Waals surface area contributed by atoms with Crippen molar-refractivity contribution >= 4 is 50.8 Å². The number of fused-ring (bicyclic) bond motifs is 1. The summed E-state index contributed by atoms with van der Waals surface area (Å²) in [5.74, 6) is -0.0423. The summed E-state index contributed by atoms with van der Waals surface area (Å²) in [7, 11) is 0. The minimum Gasteiger partial charge on any atom is -0.330 e. The monoisotopic (exact) mass is 442 g/mol. The number of hydrogen-bond donors (Lipinski definition) is 1. The van der Waals surface area contributed by atoms with Crippen LogP contribution < -0.4 is 5.32 Å². The minimum absolute atomic E-state index is 0.0751. The topological polar surface area (TPSA) is 75.2 Å². The van der Waals surface area contributed by atoms with E-state index in [4.69, 9.17) is 0 Å². The van der Waals surface area contributed by atoms with Gasteiger partial charge in [-0.2, -0.15) is 0 Å². The Morgan fingerprint density at radius 3 is 2.63 bits per heavy atom. The standard InChI is InChI=1S/C22H26N4O2S2/c1-5-11-26(15(3)20(28)25-17-9-7-6-8-10-17)18(27)12-29-21-19-14(2)16(4)30-22(19)24-13-23-21/h6-10,13,15H,5,11-12H2,1-4H3,(H,25,28). The van der Waals surface area contributed by atoms with Gasteiger partial charge in [0, 0.05) is 22.5 Å². The fourth-order valence-electron chi connectivity index (χ4n) is 3.16. The minimum atomic E-state index is -0.561. The number of aryl methyl sites for hydroxylation is 2. The number of carbonyl (C=O) groups excluding carboxylic acids is 2. The zero-order chi connectivity index (χ0) is 21.7. The molecule has 2 amide bonds. The molecule has 2 heterocycles. The van der Waals surface area contributed by atoms with Crippen LogP contribution in [0.15, 0.2) is 41.7 Å². The fraction of sp³-hybridized carbons (Fsp3) is 0.364. The second kappa shape index (κ2) is 10.0. The van der Waals surface area contributed by atoms with Gasteiger partial charge >= 0.3 is 0 Å². The van der Waals surface area contributed by atoms with E-state index in [0.717, 1.165) is 32.9 Å². The number of aromatic nitrogens is 2. The lowest BCUT2D eigenvalue weighted by molar-refractivity contribution is -0.135. The van der Waals surface area contributed by atoms with Crippen molar-refractivity contribution in [1.82, 2.24) is 14.9 Å². The molecular weight excluding hydrogens is 416 g/mol. The summed E-state index contributed by atoms with van der Waals surface area (Å²) in [4.78, 5) is 38.3. The third kappa shape index (κ3) is 4.99. The lowest BCUT2D eigenvalue weighted by atomic mass is 10.2. The van der Waals surface area contributed by atoms with Crippen LogP contribution >= 0.6 is 23.1 Å². The van der Waals surface area contributed by atoms with Crippen molar-refractivity contribution in [1.29, 1.82) is 0 Å². The third-order valence-corrected chi connectivity index (χ3v) is 7.03. The van der Waals surface area contributed by atoms with E-state index in [-0.39, 0.29) is 17.6 Å². The maximum absolute atomic E-state index is 13.0. The van der Waals surface area contributed by atoms with Crippen molar-refractivity contribution in [2.75, 3.05) is 17.6 Å². The first-order chi connectivity index (χ1) is 14.4. The number of anilines is 1. The van der Waals surface area contributed by atoms with Crippen molar-refractivity contribution in [3.8, 4) is 0 Å². The molecule has 0 saturated heterocycles. The molecule has 1 aromatic carbocycles. The number of nitrogens with zero attached hydrogens (tertiary/aromatic N) is 3. The van der Waals surface area contributed by atoms with Gasteiger partial charge in [0.15, 0.2) is 0 Å². The normalized spacial score (nSPS) is 12.0. The number of thiophene rings is 1. The molecule has 0 aliphatic heterocycles. The molecule has 30 heavy (non-hydrogen) atoms. The summed E-state index contributed by atoms with van der Waals surface area (Å²) in [6, 6.07) is 8.72. The van der Waals surface area contributed by atoms with E-state index in [1.807, 2.05) is 37.3 Å². The van der Waals surface area contributed by atoms with Gasteiger partial charge in [-0.3, -0.25) is 9.59 Å². The van der Waals surface area contributed by atoms with Crippen LogP contribution in [0.5, 0.6) is 0 Å². The molecule has 0 aliphatic carbocycles. The molecule has 0 fully saturated rings. The highest BCUT2D eigenvalue weighted by atomic mass is 32.2. The zero-order valence-corrected chi connectivity index (χ0v) is 19.3. The van der Waals surface area contributed by atoms with Crippen molar-refractivity contribution in [3.63, 3.8) is 0 Å². The Balaban J connectivity index is 1.70. The predicted octanol–water partition coefficient (Wildman–Crippen LogP) is 4.67. The SMILES string of the molecule is CCCN(C(=O)CSc1ncnc2sc(C)c(C)c12)C(C)C(=O)Nc1ccccc1. The number of benzene rings is 1. The maximum atomic E-state index is 13.0. The Morgan fingerprint density at radius 2 is 1.93 bits per heavy atom. The second-order valence-corrected chi connectivity index (χ2v) is 9.22. The molecule has 8 heteroatoms. The highest BCUT2D eigenvalue weighted by Crippen LogP contribution is 2.34. The van der Waals surface area contributed by atoms with Crippen LogP contribution in [0.2, 0.25) is 0 Å². The first-order valence-electron chi connectivity index (χ1n) is 9.91. The quantitative estimate of drug-likeness (QED) is 0.405. The third-order valence-electron chi connectivity index (χ3n) is 4.94. The van der Waals surface area contributed by atoms with E-state index in [2.05, 4.69) is 29.1 Å². The molecule has 2 aromatic heterocycles. The molecule has 0 bridgehead atoms. The summed E-state index contributed by atoms with van der Waals surface area (Å²) in [6.07, 6.45) is 2.32. The van der Waals surface area contributed by atoms with Crippen LogP contribution in [-0.4, -0.2) is 45.0 Å². The van der Waals surface area contributed by atoms with Gasteiger partial charge in [0.2, 0.25) is 11.8 Å². The van der Waals surface area contributed by atoms with Crippen molar-refractivity contribution in [2.45, 2.75) is 45.2 Å². The number of para-hydroxylation sites is 1. The second-order valence-electron chi connectivity index (χ2n) is 7.05. The number of nitrogens with one attached hydrogen (secondary N) is 1. The molecule has 3 aromatic rings. The van der Waals surface area contributed by atoms with Gasteiger partial charge in [0.25, 0.3) is 0 Å². The van der Waals surface area contributed by atoms with E-state index in [1.54, 1.807) is 29.5 Å². The Bertz CT molecular complexity index is 1040. The molecule has 0 saturated carbocycles. The van der Waals surface area contributed by atoms with E-state index in [0.29, 0.717) is 6.54 Å². The summed E-state index contributed by atoms with van der Waals surface area (Å²) < 4.78 is 0. The maximum Gasteiger partial charge on any atom is 0.246 e. The number of amides is 2. The molecule has 0 radical (unpaired) electrons. The van der Waals surface area contributed by atoms with Gasteiger partial charge in [0.05, 0.1) is 5.75 Å². The number of hydrogen-bond acceptors (Lipinski definition) is 6. The van der Waals surface area contributed by atoms with Crippen LogP contribution in [0.25, 0.3) is 10.2 Å². The Kier molecular flexibility index (Phi) is 7.44. The zero-order valence-electron chi connectivity index (χ0n) is 17.6. The molecule has 158 valence electrons. The van der Waals surface area contributed by atoms with Crippen LogP contribution in [-0.2, 0) is 9.59 Å². The fourth-order valence-corrected chi connectivity index (χ4v) is 5.16. The van der Waals surface area contributed by atoms with Crippen LogP contribution in [0.3, 0.4) is 0 Å². The summed E-state index contributed by atoms with van der Waals surface area (Å²) in [5, 5.41) is 4.72. The van der Waals surface area contributed by atoms with E-state index in [1.165, 1.54) is 16.6 Å². The molecule has 0 spiro atoms. The average molecular weight is 443 g/mol. The van der Waals surface area contributed by atoms with Crippen LogP contribution in [0.4, 0.5) is 5.69 Å². The number of carbonyl (C=O) groups is 2. The van der Waals surface area contributed by atoms with Crippen LogP contribution in [0.1, 0.15) is 30.7 Å². The molecule has 3 rings (SSSR count). The molecular formula is C22H26N4O2S2. The Hall–Kier alpha value is -2.45. The lowest BCUT2D eigenvalue weighted by Gasteiger charge is -2.28. The van der Waals surface area contributed by atoms with E-state index < -0.39 is 6.04 Å². The lowest BCUT2D eigenvalue weighted by Crippen LogP contribution is -2.46. The Labute approximate surface area is 185 Å². The first kappa shape index (κ1) is 22.2. The van der Waals surface area contributed by atoms with Gasteiger partial charge in [-0.05, 0) is 44.9 Å². The smallest absolute Gasteiger partial charge is 0.246 e. The molecule has 6 nitrogen and oxygen atoms in total. The molecule has 0 aliphatic rings. The van der Waals surface area contributed by atoms with Gasteiger partial charge in [-0.1, -0.05) is 36.9 Å². The van der Waals surface area contributed by atoms with Crippen molar-refractivity contribution in [2.24, 2.45) is 0 Å². The Morgan fingerprint density at radius 1 is 1.20 bits per heavy atom. The first-order valence-corrected chi connectivity index (χ1v) is 11.7. The highest BCUT2D eigenvalue weighted by molar-refractivity contribution is 8.00. The van der Waals surface area contributed by atoms with Crippen molar-refractivity contribution in [3.05, 3.63) is 47.1 Å². The van der Waals surface area contributed by atoms with E-state index in [9.17, 15) is 9.59 Å². The van der Waals surface area contributed by atoms with Gasteiger partial charge < -0.3 is 10.2 Å². The molecule has 1 N–H and O–H groups in total. The van der Waals surface area contributed by atoms with Gasteiger partial charge in [-0.25, -0.2) is 9.97 Å². The van der Waals surface area contributed by atoms with Gasteiger partial charge in [-0.15, -0.1) is 11.3 Å². The average Bonchev–Trinajstić information content (AvgIpc) is 3.04. The van der Waals surface area contributed by atoms with E-state index >= 15 is 0 Å². The summed E-state index contributed by atoms with van der Waals surface area (Å²) >= 11 is 3.04. The predicted molar refractivity (Wildman–Crippen MR) is 124 cm³/mol. The van der Waals surface area contributed by atoms with Crippen molar-refractivity contribution < 1.29 is 9.59 Å². The number of rotatable bonds is 8. The molecule has 1 atom stereocenters. The largest absolute Gasteiger partial charge is 0.330 e. The summed E-state index contributed by atoms with van der Waals surface area (Å²) in [6.45, 7) is 8.42. The molecule has 1 unspecified atom stereocenters. The summed E-state index contributed by atoms with van der Waals surface area (Å²) in [5.41, 5.74) is 1.88. The highest BCUT2D eigenvalue weighted by Gasteiger charge is 2.26.